The predicted molar refractivity (Wildman–Crippen MR) is 93.4 cm³/mol. The van der Waals surface area contributed by atoms with Crippen LogP contribution in [0.1, 0.15) is 97.3 Å². The SMILES string of the molecule is CCCCCCCCCN(CCC#N)CCCCCCC. The molecule has 0 rings (SSSR count). The molecule has 0 aliphatic heterocycles. The van der Waals surface area contributed by atoms with Crippen LogP contribution in [0.3, 0.4) is 0 Å². The van der Waals surface area contributed by atoms with Crippen LogP contribution < -0.4 is 0 Å². The number of rotatable bonds is 16. The van der Waals surface area contributed by atoms with Crippen molar-refractivity contribution in [1.29, 1.82) is 5.26 Å². The standard InChI is InChI=1S/C19H38N2/c1-3-5-7-9-10-12-14-18-21(19-15-16-20)17-13-11-8-6-4-2/h3-15,17-19H2,1-2H3. The molecular weight excluding hydrogens is 256 g/mol. The first-order chi connectivity index (χ1) is 10.3. The Morgan fingerprint density at radius 1 is 0.619 bits per heavy atom. The second kappa shape index (κ2) is 17.5. The van der Waals surface area contributed by atoms with Gasteiger partial charge < -0.3 is 4.90 Å². The molecule has 0 aromatic carbocycles. The Labute approximate surface area is 133 Å². The van der Waals surface area contributed by atoms with Crippen molar-refractivity contribution in [2.75, 3.05) is 19.6 Å². The molecule has 0 saturated carbocycles. The smallest absolute Gasteiger partial charge is 0.0635 e. The fraction of sp³-hybridized carbons (Fsp3) is 0.947. The molecule has 0 unspecified atom stereocenters. The molecule has 2 nitrogen and oxygen atoms in total. The Hall–Kier alpha value is -0.550. The molecule has 0 heterocycles. The van der Waals surface area contributed by atoms with Gasteiger partial charge in [-0.3, -0.25) is 0 Å². The summed E-state index contributed by atoms with van der Waals surface area (Å²) in [5.74, 6) is 0. The van der Waals surface area contributed by atoms with Crippen molar-refractivity contribution in [2.24, 2.45) is 0 Å². The molecule has 0 aliphatic carbocycles. The van der Waals surface area contributed by atoms with Gasteiger partial charge in [0.15, 0.2) is 0 Å². The Morgan fingerprint density at radius 2 is 1.05 bits per heavy atom. The second-order valence-electron chi connectivity index (χ2n) is 6.29. The van der Waals surface area contributed by atoms with Crippen molar-refractivity contribution < 1.29 is 0 Å². The van der Waals surface area contributed by atoms with E-state index in [-0.39, 0.29) is 0 Å². The predicted octanol–water partition coefficient (Wildman–Crippen LogP) is 5.92. The number of hydrogen-bond donors (Lipinski definition) is 0. The van der Waals surface area contributed by atoms with Gasteiger partial charge in [0.25, 0.3) is 0 Å². The minimum absolute atomic E-state index is 0.686. The average Bonchev–Trinajstić information content (AvgIpc) is 2.50. The fourth-order valence-electron chi connectivity index (χ4n) is 2.78. The lowest BCUT2D eigenvalue weighted by atomic mass is 10.1. The van der Waals surface area contributed by atoms with Crippen LogP contribution in [0, 0.1) is 11.3 Å². The highest BCUT2D eigenvalue weighted by Gasteiger charge is 2.04. The summed E-state index contributed by atoms with van der Waals surface area (Å²) in [7, 11) is 0. The topological polar surface area (TPSA) is 27.0 Å². The maximum Gasteiger partial charge on any atom is 0.0635 e. The largest absolute Gasteiger partial charge is 0.302 e. The molecule has 0 amide bonds. The highest BCUT2D eigenvalue weighted by Crippen LogP contribution is 2.09. The molecule has 0 spiro atoms. The zero-order valence-electron chi connectivity index (χ0n) is 14.7. The normalized spacial score (nSPS) is 11.0. The van der Waals surface area contributed by atoms with Crippen molar-refractivity contribution in [2.45, 2.75) is 97.3 Å². The van der Waals surface area contributed by atoms with Gasteiger partial charge in [-0.05, 0) is 25.9 Å². The molecule has 0 fully saturated rings. The Morgan fingerprint density at radius 3 is 1.48 bits per heavy atom. The fourth-order valence-corrected chi connectivity index (χ4v) is 2.78. The monoisotopic (exact) mass is 294 g/mol. The molecule has 0 aliphatic rings. The quantitative estimate of drug-likeness (QED) is 0.330. The van der Waals surface area contributed by atoms with Crippen molar-refractivity contribution in [3.63, 3.8) is 0 Å². The first-order valence-corrected chi connectivity index (χ1v) is 9.44. The van der Waals surface area contributed by atoms with E-state index in [1.165, 1.54) is 90.1 Å². The van der Waals surface area contributed by atoms with E-state index in [1.54, 1.807) is 0 Å². The van der Waals surface area contributed by atoms with Gasteiger partial charge in [-0.15, -0.1) is 0 Å². The molecular formula is C19H38N2. The van der Waals surface area contributed by atoms with Crippen molar-refractivity contribution >= 4 is 0 Å². The van der Waals surface area contributed by atoms with Crippen molar-refractivity contribution in [3.8, 4) is 6.07 Å². The molecule has 0 aromatic rings. The molecule has 0 saturated heterocycles. The zero-order valence-corrected chi connectivity index (χ0v) is 14.7. The molecule has 2 heteroatoms. The molecule has 0 radical (unpaired) electrons. The van der Waals surface area contributed by atoms with E-state index in [0.29, 0.717) is 6.42 Å². The van der Waals surface area contributed by atoms with Gasteiger partial charge in [0.1, 0.15) is 0 Å². The zero-order chi connectivity index (χ0) is 15.6. The van der Waals surface area contributed by atoms with Crippen LogP contribution in [0.5, 0.6) is 0 Å². The minimum Gasteiger partial charge on any atom is -0.302 e. The maximum absolute atomic E-state index is 8.77. The van der Waals surface area contributed by atoms with Gasteiger partial charge in [-0.2, -0.15) is 5.26 Å². The molecule has 21 heavy (non-hydrogen) atoms. The van der Waals surface area contributed by atoms with Crippen LogP contribution in [0.2, 0.25) is 0 Å². The van der Waals surface area contributed by atoms with Crippen LogP contribution in [-0.4, -0.2) is 24.5 Å². The van der Waals surface area contributed by atoms with E-state index in [4.69, 9.17) is 5.26 Å². The van der Waals surface area contributed by atoms with Gasteiger partial charge in [0.05, 0.1) is 6.07 Å². The highest BCUT2D eigenvalue weighted by molar-refractivity contribution is 4.72. The van der Waals surface area contributed by atoms with Gasteiger partial charge in [0.2, 0.25) is 0 Å². The third kappa shape index (κ3) is 15.7. The van der Waals surface area contributed by atoms with Crippen molar-refractivity contribution in [1.82, 2.24) is 4.90 Å². The third-order valence-corrected chi connectivity index (χ3v) is 4.20. The average molecular weight is 295 g/mol. The molecule has 0 aromatic heterocycles. The summed E-state index contributed by atoms with van der Waals surface area (Å²) in [6, 6.07) is 2.29. The van der Waals surface area contributed by atoms with E-state index in [1.807, 2.05) is 0 Å². The number of hydrogen-bond acceptors (Lipinski definition) is 2. The number of nitriles is 1. The lowest BCUT2D eigenvalue weighted by Gasteiger charge is -2.21. The van der Waals surface area contributed by atoms with Crippen LogP contribution in [-0.2, 0) is 0 Å². The molecule has 0 N–H and O–H groups in total. The highest BCUT2D eigenvalue weighted by atomic mass is 15.1. The van der Waals surface area contributed by atoms with Gasteiger partial charge in [0, 0.05) is 13.0 Å². The van der Waals surface area contributed by atoms with Gasteiger partial charge >= 0.3 is 0 Å². The summed E-state index contributed by atoms with van der Waals surface area (Å²) in [6.07, 6.45) is 17.0. The van der Waals surface area contributed by atoms with Crippen LogP contribution in [0.4, 0.5) is 0 Å². The first-order valence-electron chi connectivity index (χ1n) is 9.44. The van der Waals surface area contributed by atoms with Crippen molar-refractivity contribution in [3.05, 3.63) is 0 Å². The van der Waals surface area contributed by atoms with E-state index in [2.05, 4.69) is 24.8 Å². The minimum atomic E-state index is 0.686. The van der Waals surface area contributed by atoms with Gasteiger partial charge in [-0.25, -0.2) is 0 Å². The summed E-state index contributed by atoms with van der Waals surface area (Å²) in [5.41, 5.74) is 0. The lowest BCUT2D eigenvalue weighted by molar-refractivity contribution is 0.266. The number of unbranched alkanes of at least 4 members (excludes halogenated alkanes) is 10. The molecule has 124 valence electrons. The lowest BCUT2D eigenvalue weighted by Crippen LogP contribution is -2.27. The Balaban J connectivity index is 3.58. The van der Waals surface area contributed by atoms with Crippen LogP contribution >= 0.6 is 0 Å². The Bertz CT molecular complexity index is 232. The summed E-state index contributed by atoms with van der Waals surface area (Å²) in [5, 5.41) is 8.77. The Kier molecular flexibility index (Phi) is 17.0. The summed E-state index contributed by atoms with van der Waals surface area (Å²) < 4.78 is 0. The van der Waals surface area contributed by atoms with E-state index in [0.717, 1.165) is 6.54 Å². The summed E-state index contributed by atoms with van der Waals surface area (Å²) in [4.78, 5) is 2.52. The maximum atomic E-state index is 8.77. The number of nitrogens with zero attached hydrogens (tertiary/aromatic N) is 2. The summed E-state index contributed by atoms with van der Waals surface area (Å²) in [6.45, 7) is 7.90. The van der Waals surface area contributed by atoms with Gasteiger partial charge in [-0.1, -0.05) is 78.1 Å². The van der Waals surface area contributed by atoms with E-state index >= 15 is 0 Å². The second-order valence-corrected chi connectivity index (χ2v) is 6.29. The van der Waals surface area contributed by atoms with Crippen LogP contribution in [0.15, 0.2) is 0 Å². The molecule has 0 bridgehead atoms. The van der Waals surface area contributed by atoms with Crippen LogP contribution in [0.25, 0.3) is 0 Å². The van der Waals surface area contributed by atoms with E-state index in [9.17, 15) is 0 Å². The first kappa shape index (κ1) is 20.5. The van der Waals surface area contributed by atoms with E-state index < -0.39 is 0 Å². The summed E-state index contributed by atoms with van der Waals surface area (Å²) >= 11 is 0. The third-order valence-electron chi connectivity index (χ3n) is 4.20. The molecule has 0 atom stereocenters.